The standard InChI is InChI=1S/C22H28FN3O3/c1-22(16-9-10-16)20(28)26(21(29)24-22)14-19(27)25(18-5-3-2-4-6-18)13-15-7-11-17(23)12-8-15/h7-8,11-12,16,18H,2-6,9-10,13-14H2,1H3,(H,24,29)/t22-/m1/s1. The molecule has 3 aliphatic rings. The molecular weight excluding hydrogens is 373 g/mol. The van der Waals surface area contributed by atoms with Gasteiger partial charge in [0.05, 0.1) is 0 Å². The number of imide groups is 1. The van der Waals surface area contributed by atoms with Gasteiger partial charge in [0.2, 0.25) is 5.91 Å². The summed E-state index contributed by atoms with van der Waals surface area (Å²) in [5.74, 6) is -0.691. The van der Waals surface area contributed by atoms with E-state index in [0.29, 0.717) is 6.54 Å². The van der Waals surface area contributed by atoms with E-state index in [4.69, 9.17) is 0 Å². The number of carbonyl (C=O) groups is 3. The number of rotatable bonds is 6. The Morgan fingerprint density at radius 3 is 2.41 bits per heavy atom. The average Bonchev–Trinajstić information content (AvgIpc) is 3.54. The molecule has 2 aliphatic carbocycles. The van der Waals surface area contributed by atoms with Crippen molar-refractivity contribution in [3.8, 4) is 0 Å². The minimum absolute atomic E-state index is 0.0804. The molecule has 6 nitrogen and oxygen atoms in total. The van der Waals surface area contributed by atoms with Gasteiger partial charge in [-0.1, -0.05) is 31.4 Å². The van der Waals surface area contributed by atoms with Crippen molar-refractivity contribution in [3.05, 3.63) is 35.6 Å². The second-order valence-electron chi connectivity index (χ2n) is 8.74. The molecule has 0 unspecified atom stereocenters. The zero-order valence-corrected chi connectivity index (χ0v) is 16.8. The van der Waals surface area contributed by atoms with Crippen LogP contribution in [0.15, 0.2) is 24.3 Å². The molecule has 0 spiro atoms. The van der Waals surface area contributed by atoms with Gasteiger partial charge >= 0.3 is 6.03 Å². The first-order chi connectivity index (χ1) is 13.9. The van der Waals surface area contributed by atoms with Crippen LogP contribution in [-0.4, -0.2) is 45.8 Å². The van der Waals surface area contributed by atoms with E-state index >= 15 is 0 Å². The molecule has 1 saturated heterocycles. The van der Waals surface area contributed by atoms with Crippen LogP contribution in [0, 0.1) is 11.7 Å². The first kappa shape index (κ1) is 19.9. The SMILES string of the molecule is C[C@]1(C2CC2)NC(=O)N(CC(=O)N(Cc2ccc(F)cc2)C2CCCCC2)C1=O. The smallest absolute Gasteiger partial charge is 0.325 e. The second-order valence-corrected chi connectivity index (χ2v) is 8.74. The van der Waals surface area contributed by atoms with Crippen LogP contribution in [0.1, 0.15) is 57.4 Å². The Morgan fingerprint density at radius 2 is 1.79 bits per heavy atom. The zero-order chi connectivity index (χ0) is 20.6. The Morgan fingerprint density at radius 1 is 1.14 bits per heavy atom. The largest absolute Gasteiger partial charge is 0.334 e. The van der Waals surface area contributed by atoms with Gasteiger partial charge in [-0.2, -0.15) is 0 Å². The fourth-order valence-electron chi connectivity index (χ4n) is 4.62. The Hall–Kier alpha value is -2.44. The van der Waals surface area contributed by atoms with Gasteiger partial charge < -0.3 is 10.2 Å². The van der Waals surface area contributed by atoms with Crippen molar-refractivity contribution in [3.63, 3.8) is 0 Å². The number of nitrogens with zero attached hydrogens (tertiary/aromatic N) is 2. The van der Waals surface area contributed by atoms with E-state index in [1.165, 1.54) is 12.1 Å². The number of halogens is 1. The summed E-state index contributed by atoms with van der Waals surface area (Å²) in [6, 6.07) is 5.72. The fraction of sp³-hybridized carbons (Fsp3) is 0.591. The van der Waals surface area contributed by atoms with E-state index in [1.807, 2.05) is 0 Å². The van der Waals surface area contributed by atoms with Crippen LogP contribution in [0.3, 0.4) is 0 Å². The molecule has 156 valence electrons. The van der Waals surface area contributed by atoms with E-state index < -0.39 is 11.6 Å². The Bertz CT molecular complexity index is 802. The highest BCUT2D eigenvalue weighted by molar-refractivity contribution is 6.09. The first-order valence-electron chi connectivity index (χ1n) is 10.6. The number of hydrogen-bond donors (Lipinski definition) is 1. The van der Waals surface area contributed by atoms with E-state index in [-0.39, 0.29) is 36.1 Å². The molecule has 4 rings (SSSR count). The Kier molecular flexibility index (Phi) is 5.32. The summed E-state index contributed by atoms with van der Waals surface area (Å²) in [5.41, 5.74) is -0.0467. The van der Waals surface area contributed by atoms with Gasteiger partial charge in [-0.3, -0.25) is 14.5 Å². The number of hydrogen-bond acceptors (Lipinski definition) is 3. The van der Waals surface area contributed by atoms with Crippen LogP contribution in [0.4, 0.5) is 9.18 Å². The van der Waals surface area contributed by atoms with Gasteiger partial charge in [-0.25, -0.2) is 9.18 Å². The van der Waals surface area contributed by atoms with Crippen molar-refractivity contribution in [1.29, 1.82) is 0 Å². The monoisotopic (exact) mass is 401 g/mol. The molecule has 7 heteroatoms. The predicted molar refractivity (Wildman–Crippen MR) is 105 cm³/mol. The predicted octanol–water partition coefficient (Wildman–Crippen LogP) is 3.21. The maximum absolute atomic E-state index is 13.3. The molecule has 0 aromatic heterocycles. The topological polar surface area (TPSA) is 69.7 Å². The number of amides is 4. The third-order valence-corrected chi connectivity index (χ3v) is 6.59. The Balaban J connectivity index is 1.50. The number of carbonyl (C=O) groups excluding carboxylic acids is 3. The first-order valence-corrected chi connectivity index (χ1v) is 10.6. The lowest BCUT2D eigenvalue weighted by Gasteiger charge is -2.35. The van der Waals surface area contributed by atoms with Crippen molar-refractivity contribution in [2.24, 2.45) is 5.92 Å². The highest BCUT2D eigenvalue weighted by Gasteiger charge is 2.56. The summed E-state index contributed by atoms with van der Waals surface area (Å²) in [6.07, 6.45) is 6.93. The van der Waals surface area contributed by atoms with Crippen molar-refractivity contribution in [2.45, 2.75) is 70.0 Å². The third kappa shape index (κ3) is 4.00. The zero-order valence-electron chi connectivity index (χ0n) is 16.8. The molecule has 1 aromatic rings. The van der Waals surface area contributed by atoms with Gasteiger partial charge in [-0.05, 0) is 56.2 Å². The van der Waals surface area contributed by atoms with Gasteiger partial charge in [0.15, 0.2) is 0 Å². The molecule has 1 heterocycles. The maximum Gasteiger partial charge on any atom is 0.325 e. The van der Waals surface area contributed by atoms with Gasteiger partial charge in [0.1, 0.15) is 17.9 Å². The van der Waals surface area contributed by atoms with Crippen molar-refractivity contribution < 1.29 is 18.8 Å². The van der Waals surface area contributed by atoms with Crippen LogP contribution in [0.25, 0.3) is 0 Å². The average molecular weight is 401 g/mol. The molecule has 0 radical (unpaired) electrons. The van der Waals surface area contributed by atoms with Crippen LogP contribution in [0.5, 0.6) is 0 Å². The minimum atomic E-state index is -0.885. The fourth-order valence-corrected chi connectivity index (χ4v) is 4.62. The van der Waals surface area contributed by atoms with Crippen LogP contribution in [-0.2, 0) is 16.1 Å². The Labute approximate surface area is 170 Å². The lowest BCUT2D eigenvalue weighted by Crippen LogP contribution is -2.49. The molecule has 1 aromatic carbocycles. The van der Waals surface area contributed by atoms with Gasteiger partial charge in [0, 0.05) is 12.6 Å². The summed E-state index contributed by atoms with van der Waals surface area (Å²) >= 11 is 0. The van der Waals surface area contributed by atoms with E-state index in [1.54, 1.807) is 24.0 Å². The molecule has 3 fully saturated rings. The molecule has 2 saturated carbocycles. The third-order valence-electron chi connectivity index (χ3n) is 6.59. The van der Waals surface area contributed by atoms with Crippen molar-refractivity contribution in [2.75, 3.05) is 6.54 Å². The van der Waals surface area contributed by atoms with E-state index in [2.05, 4.69) is 5.32 Å². The van der Waals surface area contributed by atoms with E-state index in [0.717, 1.165) is 55.4 Å². The molecular formula is C22H28FN3O3. The maximum atomic E-state index is 13.3. The van der Waals surface area contributed by atoms with Gasteiger partial charge in [0.25, 0.3) is 5.91 Å². The highest BCUT2D eigenvalue weighted by atomic mass is 19.1. The molecule has 0 bridgehead atoms. The van der Waals surface area contributed by atoms with Gasteiger partial charge in [-0.15, -0.1) is 0 Å². The molecule has 1 atom stereocenters. The molecule has 4 amide bonds. The summed E-state index contributed by atoms with van der Waals surface area (Å²) in [5, 5.41) is 2.80. The summed E-state index contributed by atoms with van der Waals surface area (Å²) in [6.45, 7) is 1.87. The number of benzene rings is 1. The van der Waals surface area contributed by atoms with Crippen LogP contribution in [0.2, 0.25) is 0 Å². The molecule has 1 N–H and O–H groups in total. The lowest BCUT2D eigenvalue weighted by molar-refractivity contribution is -0.141. The summed E-state index contributed by atoms with van der Waals surface area (Å²) in [7, 11) is 0. The molecule has 29 heavy (non-hydrogen) atoms. The van der Waals surface area contributed by atoms with Crippen LogP contribution < -0.4 is 5.32 Å². The summed E-state index contributed by atoms with van der Waals surface area (Å²) in [4.78, 5) is 41.4. The van der Waals surface area contributed by atoms with Crippen LogP contribution >= 0.6 is 0 Å². The molecule has 1 aliphatic heterocycles. The second kappa shape index (κ2) is 7.76. The summed E-state index contributed by atoms with van der Waals surface area (Å²) < 4.78 is 13.3. The quantitative estimate of drug-likeness (QED) is 0.744. The van der Waals surface area contributed by atoms with Crippen molar-refractivity contribution in [1.82, 2.24) is 15.1 Å². The minimum Gasteiger partial charge on any atom is -0.334 e. The highest BCUT2D eigenvalue weighted by Crippen LogP contribution is 2.42. The number of nitrogens with one attached hydrogen (secondary N) is 1. The lowest BCUT2D eigenvalue weighted by atomic mass is 9.93. The van der Waals surface area contributed by atoms with E-state index in [9.17, 15) is 18.8 Å². The van der Waals surface area contributed by atoms with Crippen molar-refractivity contribution >= 4 is 17.8 Å². The normalized spacial score (nSPS) is 25.2. The number of urea groups is 1.